The van der Waals surface area contributed by atoms with E-state index in [1.54, 1.807) is 13.8 Å². The number of aliphatic carboxylic acids is 1. The topological polar surface area (TPSA) is 61.1 Å². The van der Waals surface area contributed by atoms with Crippen LogP contribution >= 0.6 is 24.0 Å². The summed E-state index contributed by atoms with van der Waals surface area (Å²) in [6.07, 6.45) is 0. The minimum absolute atomic E-state index is 0.170. The van der Waals surface area contributed by atoms with Crippen LogP contribution in [0.4, 0.5) is 0 Å². The third-order valence-electron chi connectivity index (χ3n) is 0.792. The normalized spacial score (nSPS) is 10.3. The number of hydrogen-bond donors (Lipinski definition) is 1. The highest BCUT2D eigenvalue weighted by molar-refractivity contribution is 8.26. The third-order valence-corrected chi connectivity index (χ3v) is 2.18. The van der Waals surface area contributed by atoms with Crippen LogP contribution in [-0.4, -0.2) is 20.0 Å². The molecule has 0 fully saturated rings. The Bertz CT molecular complexity index is 229. The van der Waals surface area contributed by atoms with E-state index in [1.807, 2.05) is 6.07 Å². The molecule has 5 heteroatoms. The van der Waals surface area contributed by atoms with Gasteiger partial charge in [-0.1, -0.05) is 24.0 Å². The minimum atomic E-state index is -1.15. The molecule has 0 unspecified atom stereocenters. The van der Waals surface area contributed by atoms with E-state index in [1.165, 1.54) is 0 Å². The molecule has 3 nitrogen and oxygen atoms in total. The van der Waals surface area contributed by atoms with Gasteiger partial charge in [-0.25, -0.2) is 4.79 Å². The predicted octanol–water partition coefficient (Wildman–Crippen LogP) is 1.43. The lowest BCUT2D eigenvalue weighted by molar-refractivity contribution is -0.128. The van der Waals surface area contributed by atoms with Crippen LogP contribution in [0.15, 0.2) is 0 Å². The van der Waals surface area contributed by atoms with Crippen molar-refractivity contribution in [3.8, 4) is 6.07 Å². The van der Waals surface area contributed by atoms with Gasteiger partial charge in [-0.2, -0.15) is 5.26 Å². The first-order chi connectivity index (χ1) is 4.89. The lowest BCUT2D eigenvalue weighted by Gasteiger charge is -2.11. The van der Waals surface area contributed by atoms with E-state index >= 15 is 0 Å². The molecular weight excluding hydrogens is 182 g/mol. The largest absolute Gasteiger partial charge is 0.477 e. The number of rotatable bonds is 1. The van der Waals surface area contributed by atoms with Gasteiger partial charge in [0.15, 0.2) is 4.20 Å². The summed E-state index contributed by atoms with van der Waals surface area (Å²) < 4.78 is -0.924. The van der Waals surface area contributed by atoms with Gasteiger partial charge in [-0.05, 0) is 13.8 Å². The number of thioether (sulfide) groups is 1. The third kappa shape index (κ3) is 3.96. The summed E-state index contributed by atoms with van der Waals surface area (Å²) in [6.45, 7) is 3.24. The number of nitriles is 1. The van der Waals surface area contributed by atoms with Crippen LogP contribution in [0.1, 0.15) is 13.8 Å². The molecule has 1 N–H and O–H groups in total. The van der Waals surface area contributed by atoms with Gasteiger partial charge < -0.3 is 5.11 Å². The number of carboxylic acids is 1. The van der Waals surface area contributed by atoms with E-state index in [4.69, 9.17) is 10.4 Å². The van der Waals surface area contributed by atoms with E-state index < -0.39 is 10.7 Å². The van der Waals surface area contributed by atoms with Gasteiger partial charge in [-0.15, -0.1) is 0 Å². The summed E-state index contributed by atoms with van der Waals surface area (Å²) in [5.41, 5.74) is 0. The molecule has 0 heterocycles. The van der Waals surface area contributed by atoms with Crippen LogP contribution in [-0.2, 0) is 4.79 Å². The second-order valence-corrected chi connectivity index (χ2v) is 4.62. The molecule has 0 bridgehead atoms. The quantitative estimate of drug-likeness (QED) is 0.632. The van der Waals surface area contributed by atoms with Gasteiger partial charge in [0.2, 0.25) is 0 Å². The Labute approximate surface area is 74.4 Å². The van der Waals surface area contributed by atoms with Crippen molar-refractivity contribution in [1.82, 2.24) is 0 Å². The second-order valence-electron chi connectivity index (χ2n) is 2.32. The number of carbonyl (C=O) groups is 1. The standard InChI is InChI=1S/C6H7NO2S2/c1-6(2,3-7)11-5(10)4(8)9/h1-2H3,(H,8,9). The SMILES string of the molecule is CC(C)(C#N)SC(=S)C(=O)O. The fraction of sp³-hybridized carbons (Fsp3) is 0.500. The summed E-state index contributed by atoms with van der Waals surface area (Å²) >= 11 is 5.39. The molecule has 0 aliphatic rings. The van der Waals surface area contributed by atoms with Crippen LogP contribution in [0.3, 0.4) is 0 Å². The first-order valence-corrected chi connectivity index (χ1v) is 3.99. The van der Waals surface area contributed by atoms with E-state index in [9.17, 15) is 4.79 Å². The van der Waals surface area contributed by atoms with Gasteiger partial charge in [0.25, 0.3) is 0 Å². The summed E-state index contributed by atoms with van der Waals surface area (Å²) in [5, 5.41) is 16.9. The van der Waals surface area contributed by atoms with Gasteiger partial charge >= 0.3 is 5.97 Å². The molecule has 0 saturated carbocycles. The van der Waals surface area contributed by atoms with Crippen molar-refractivity contribution in [2.75, 3.05) is 0 Å². The van der Waals surface area contributed by atoms with Crippen LogP contribution in [0, 0.1) is 11.3 Å². The second kappa shape index (κ2) is 3.69. The Morgan fingerprint density at radius 2 is 2.18 bits per heavy atom. The van der Waals surface area contributed by atoms with Gasteiger partial charge in [-0.3, -0.25) is 0 Å². The van der Waals surface area contributed by atoms with Crippen molar-refractivity contribution in [3.63, 3.8) is 0 Å². The zero-order chi connectivity index (χ0) is 9.07. The zero-order valence-electron chi connectivity index (χ0n) is 6.12. The first-order valence-electron chi connectivity index (χ1n) is 2.76. The molecule has 0 rings (SSSR count). The highest BCUT2D eigenvalue weighted by Crippen LogP contribution is 2.24. The van der Waals surface area contributed by atoms with Gasteiger partial charge in [0, 0.05) is 0 Å². The fourth-order valence-electron chi connectivity index (χ4n) is 0.298. The summed E-state index contributed by atoms with van der Waals surface area (Å²) in [5.74, 6) is -1.15. The van der Waals surface area contributed by atoms with Crippen molar-refractivity contribution < 1.29 is 9.90 Å². The molecule has 0 aromatic rings. The fourth-order valence-corrected chi connectivity index (χ4v) is 1.52. The lowest BCUT2D eigenvalue weighted by atomic mass is 10.2. The molecule has 0 aromatic carbocycles. The van der Waals surface area contributed by atoms with E-state index in [-0.39, 0.29) is 4.20 Å². The van der Waals surface area contributed by atoms with Crippen molar-refractivity contribution in [1.29, 1.82) is 5.26 Å². The Morgan fingerprint density at radius 1 is 1.73 bits per heavy atom. The van der Waals surface area contributed by atoms with E-state index in [0.29, 0.717) is 0 Å². The molecule has 0 atom stereocenters. The summed E-state index contributed by atoms with van der Waals surface area (Å²) in [7, 11) is 0. The van der Waals surface area contributed by atoms with Crippen molar-refractivity contribution in [3.05, 3.63) is 0 Å². The molecule has 0 aliphatic carbocycles. The molecule has 0 radical (unpaired) electrons. The Kier molecular flexibility index (Phi) is 3.49. The van der Waals surface area contributed by atoms with Crippen LogP contribution in [0.5, 0.6) is 0 Å². The minimum Gasteiger partial charge on any atom is -0.477 e. The molecule has 11 heavy (non-hydrogen) atoms. The van der Waals surface area contributed by atoms with Crippen molar-refractivity contribution in [2.24, 2.45) is 0 Å². The average molecular weight is 189 g/mol. The number of nitrogens with zero attached hydrogens (tertiary/aromatic N) is 1. The Morgan fingerprint density at radius 3 is 2.45 bits per heavy atom. The highest BCUT2D eigenvalue weighted by Gasteiger charge is 2.22. The monoisotopic (exact) mass is 189 g/mol. The summed E-state index contributed by atoms with van der Waals surface area (Å²) in [4.78, 5) is 10.2. The van der Waals surface area contributed by atoms with E-state index in [2.05, 4.69) is 12.2 Å². The molecule has 0 saturated heterocycles. The zero-order valence-corrected chi connectivity index (χ0v) is 7.75. The smallest absolute Gasteiger partial charge is 0.353 e. The number of carboxylic acid groups (broad SMARTS) is 1. The maximum atomic E-state index is 10.2. The molecule has 0 aliphatic heterocycles. The first kappa shape index (κ1) is 10.4. The van der Waals surface area contributed by atoms with Gasteiger partial charge in [0.05, 0.1) is 6.07 Å². The van der Waals surface area contributed by atoms with Crippen LogP contribution < -0.4 is 0 Å². The predicted molar refractivity (Wildman–Crippen MR) is 47.5 cm³/mol. The molecule has 0 spiro atoms. The Balaban J connectivity index is 4.19. The van der Waals surface area contributed by atoms with Crippen molar-refractivity contribution in [2.45, 2.75) is 18.6 Å². The average Bonchev–Trinajstić information content (AvgIpc) is 1.87. The van der Waals surface area contributed by atoms with E-state index in [0.717, 1.165) is 11.8 Å². The lowest BCUT2D eigenvalue weighted by Crippen LogP contribution is -2.18. The van der Waals surface area contributed by atoms with Crippen LogP contribution in [0.2, 0.25) is 0 Å². The maximum Gasteiger partial charge on any atom is 0.353 e. The number of thiocarbonyl (C=S) groups is 1. The molecule has 0 amide bonds. The summed E-state index contributed by atoms with van der Waals surface area (Å²) in [6, 6.07) is 1.94. The van der Waals surface area contributed by atoms with Crippen LogP contribution in [0.25, 0.3) is 0 Å². The van der Waals surface area contributed by atoms with Gasteiger partial charge in [0.1, 0.15) is 4.75 Å². The maximum absolute atomic E-state index is 10.2. The molecule has 60 valence electrons. The van der Waals surface area contributed by atoms with Crippen molar-refractivity contribution >= 4 is 34.1 Å². The number of hydrogen-bond acceptors (Lipinski definition) is 4. The Hall–Kier alpha value is -0.600. The molecular formula is C6H7NO2S2. The highest BCUT2D eigenvalue weighted by atomic mass is 32.2. The molecule has 0 aromatic heterocycles.